The van der Waals surface area contributed by atoms with E-state index in [0.717, 1.165) is 31.9 Å². The van der Waals surface area contributed by atoms with Crippen molar-refractivity contribution in [1.29, 1.82) is 0 Å². The minimum absolute atomic E-state index is 0.0925. The van der Waals surface area contributed by atoms with Crippen LogP contribution < -0.4 is 15.5 Å². The van der Waals surface area contributed by atoms with Crippen molar-refractivity contribution in [3.05, 3.63) is 18.3 Å². The SMILES string of the molecule is CC(C(=O)Nc1ccc(N2CCNCC2)cn1)C1CC1. The van der Waals surface area contributed by atoms with Crippen LogP contribution >= 0.6 is 0 Å². The molecule has 1 saturated carbocycles. The number of hydrogen-bond acceptors (Lipinski definition) is 4. The van der Waals surface area contributed by atoms with E-state index in [1.165, 1.54) is 12.8 Å². The fourth-order valence-corrected chi connectivity index (χ4v) is 2.62. The molecule has 0 radical (unpaired) electrons. The number of pyridine rings is 1. The zero-order valence-corrected chi connectivity index (χ0v) is 11.9. The van der Waals surface area contributed by atoms with Gasteiger partial charge in [-0.05, 0) is 30.9 Å². The smallest absolute Gasteiger partial charge is 0.228 e. The lowest BCUT2D eigenvalue weighted by Gasteiger charge is -2.29. The fraction of sp³-hybridized carbons (Fsp3) is 0.600. The Kier molecular flexibility index (Phi) is 3.87. The summed E-state index contributed by atoms with van der Waals surface area (Å²) in [5, 5.41) is 6.24. The highest BCUT2D eigenvalue weighted by molar-refractivity contribution is 5.91. The first-order chi connectivity index (χ1) is 9.74. The van der Waals surface area contributed by atoms with Crippen molar-refractivity contribution in [3.63, 3.8) is 0 Å². The Labute approximate surface area is 119 Å². The molecule has 1 atom stereocenters. The van der Waals surface area contributed by atoms with Crippen LogP contribution in [0.3, 0.4) is 0 Å². The lowest BCUT2D eigenvalue weighted by atomic mass is 10.1. The van der Waals surface area contributed by atoms with Crippen molar-refractivity contribution in [3.8, 4) is 0 Å². The molecule has 1 amide bonds. The van der Waals surface area contributed by atoms with Crippen molar-refractivity contribution in [2.45, 2.75) is 19.8 Å². The van der Waals surface area contributed by atoms with Crippen LogP contribution in [0.15, 0.2) is 18.3 Å². The van der Waals surface area contributed by atoms with Gasteiger partial charge in [0.25, 0.3) is 0 Å². The second kappa shape index (κ2) is 5.79. The third kappa shape index (κ3) is 3.10. The van der Waals surface area contributed by atoms with Gasteiger partial charge in [0.15, 0.2) is 0 Å². The summed E-state index contributed by atoms with van der Waals surface area (Å²) >= 11 is 0. The molecule has 20 heavy (non-hydrogen) atoms. The number of carbonyl (C=O) groups excluding carboxylic acids is 1. The van der Waals surface area contributed by atoms with Crippen molar-refractivity contribution >= 4 is 17.4 Å². The van der Waals surface area contributed by atoms with Crippen LogP contribution in [0.2, 0.25) is 0 Å². The van der Waals surface area contributed by atoms with Crippen LogP contribution in [-0.4, -0.2) is 37.1 Å². The molecule has 2 heterocycles. The molecule has 1 aromatic rings. The van der Waals surface area contributed by atoms with Gasteiger partial charge in [-0.1, -0.05) is 6.92 Å². The molecular weight excluding hydrogens is 252 g/mol. The molecule has 2 fully saturated rings. The van der Waals surface area contributed by atoms with Gasteiger partial charge in [-0.2, -0.15) is 0 Å². The average Bonchev–Trinajstić information content (AvgIpc) is 3.33. The maximum atomic E-state index is 12.0. The summed E-state index contributed by atoms with van der Waals surface area (Å²) in [6.45, 7) is 6.04. The summed E-state index contributed by atoms with van der Waals surface area (Å²) in [7, 11) is 0. The summed E-state index contributed by atoms with van der Waals surface area (Å²) in [6.07, 6.45) is 4.22. The van der Waals surface area contributed by atoms with E-state index in [0.29, 0.717) is 11.7 Å². The number of amides is 1. The quantitative estimate of drug-likeness (QED) is 0.873. The Balaban J connectivity index is 1.59. The molecule has 1 aliphatic carbocycles. The van der Waals surface area contributed by atoms with E-state index in [9.17, 15) is 4.79 Å². The van der Waals surface area contributed by atoms with Gasteiger partial charge in [0.05, 0.1) is 11.9 Å². The van der Waals surface area contributed by atoms with E-state index in [1.807, 2.05) is 25.3 Å². The molecule has 108 valence electrons. The Morgan fingerprint density at radius 3 is 2.75 bits per heavy atom. The van der Waals surface area contributed by atoms with Crippen molar-refractivity contribution in [1.82, 2.24) is 10.3 Å². The Morgan fingerprint density at radius 2 is 2.15 bits per heavy atom. The molecule has 0 spiro atoms. The molecule has 5 nitrogen and oxygen atoms in total. The maximum absolute atomic E-state index is 12.0. The molecule has 1 aliphatic heterocycles. The number of rotatable bonds is 4. The van der Waals surface area contributed by atoms with Gasteiger partial charge >= 0.3 is 0 Å². The summed E-state index contributed by atoms with van der Waals surface area (Å²) in [6, 6.07) is 3.94. The molecule has 2 N–H and O–H groups in total. The Morgan fingerprint density at radius 1 is 1.40 bits per heavy atom. The minimum Gasteiger partial charge on any atom is -0.368 e. The molecule has 1 aromatic heterocycles. The highest BCUT2D eigenvalue weighted by Gasteiger charge is 2.32. The predicted molar refractivity (Wildman–Crippen MR) is 79.8 cm³/mol. The van der Waals surface area contributed by atoms with E-state index in [1.54, 1.807) is 0 Å². The lowest BCUT2D eigenvalue weighted by molar-refractivity contribution is -0.119. The van der Waals surface area contributed by atoms with Gasteiger partial charge in [-0.25, -0.2) is 4.98 Å². The van der Waals surface area contributed by atoms with Crippen LogP contribution in [0.5, 0.6) is 0 Å². The van der Waals surface area contributed by atoms with Crippen LogP contribution in [0.25, 0.3) is 0 Å². The molecule has 0 aromatic carbocycles. The number of anilines is 2. The predicted octanol–water partition coefficient (Wildman–Crippen LogP) is 1.48. The molecule has 3 rings (SSSR count). The van der Waals surface area contributed by atoms with Gasteiger partial charge in [-0.15, -0.1) is 0 Å². The standard InChI is InChI=1S/C15H22N4O/c1-11(12-2-3-12)15(20)18-14-5-4-13(10-17-14)19-8-6-16-7-9-19/h4-5,10-12,16H,2-3,6-9H2,1H3,(H,17,18,20). The fourth-order valence-electron chi connectivity index (χ4n) is 2.62. The van der Waals surface area contributed by atoms with Gasteiger partial charge in [0.1, 0.15) is 5.82 Å². The maximum Gasteiger partial charge on any atom is 0.228 e. The van der Waals surface area contributed by atoms with Gasteiger partial charge in [0.2, 0.25) is 5.91 Å². The number of aromatic nitrogens is 1. The van der Waals surface area contributed by atoms with E-state index >= 15 is 0 Å². The number of nitrogens with one attached hydrogen (secondary N) is 2. The second-order valence-corrected chi connectivity index (χ2v) is 5.75. The first kappa shape index (κ1) is 13.4. The number of piperazine rings is 1. The number of carbonyl (C=O) groups is 1. The topological polar surface area (TPSA) is 57.3 Å². The first-order valence-electron chi connectivity index (χ1n) is 7.46. The zero-order chi connectivity index (χ0) is 13.9. The highest BCUT2D eigenvalue weighted by Crippen LogP contribution is 2.36. The summed E-state index contributed by atoms with van der Waals surface area (Å²) in [5.41, 5.74) is 1.12. The minimum atomic E-state index is 0.0925. The van der Waals surface area contributed by atoms with E-state index < -0.39 is 0 Å². The summed E-state index contributed by atoms with van der Waals surface area (Å²) in [4.78, 5) is 18.7. The number of hydrogen-bond donors (Lipinski definition) is 2. The normalized spacial score (nSPS) is 20.6. The molecule has 2 aliphatic rings. The van der Waals surface area contributed by atoms with Crippen molar-refractivity contribution in [2.75, 3.05) is 36.4 Å². The first-order valence-corrected chi connectivity index (χ1v) is 7.46. The molecule has 5 heteroatoms. The third-order valence-corrected chi connectivity index (χ3v) is 4.22. The van der Waals surface area contributed by atoms with Crippen molar-refractivity contribution < 1.29 is 4.79 Å². The Hall–Kier alpha value is -1.62. The monoisotopic (exact) mass is 274 g/mol. The van der Waals surface area contributed by atoms with Crippen LogP contribution in [0.4, 0.5) is 11.5 Å². The van der Waals surface area contributed by atoms with Crippen LogP contribution in [-0.2, 0) is 4.79 Å². The summed E-state index contributed by atoms with van der Waals surface area (Å²) in [5.74, 6) is 1.43. The van der Waals surface area contributed by atoms with E-state index in [2.05, 4.69) is 20.5 Å². The van der Waals surface area contributed by atoms with Gasteiger partial charge < -0.3 is 15.5 Å². The molecule has 0 bridgehead atoms. The van der Waals surface area contributed by atoms with Gasteiger partial charge in [-0.3, -0.25) is 4.79 Å². The van der Waals surface area contributed by atoms with E-state index in [4.69, 9.17) is 0 Å². The highest BCUT2D eigenvalue weighted by atomic mass is 16.1. The summed E-state index contributed by atoms with van der Waals surface area (Å²) < 4.78 is 0. The molecule has 1 unspecified atom stereocenters. The van der Waals surface area contributed by atoms with Crippen LogP contribution in [0, 0.1) is 11.8 Å². The second-order valence-electron chi connectivity index (χ2n) is 5.75. The van der Waals surface area contributed by atoms with Crippen molar-refractivity contribution in [2.24, 2.45) is 11.8 Å². The average molecular weight is 274 g/mol. The van der Waals surface area contributed by atoms with Crippen LogP contribution in [0.1, 0.15) is 19.8 Å². The molecular formula is C15H22N4O. The zero-order valence-electron chi connectivity index (χ0n) is 11.9. The Bertz CT molecular complexity index is 463. The van der Waals surface area contributed by atoms with Gasteiger partial charge in [0, 0.05) is 32.1 Å². The largest absolute Gasteiger partial charge is 0.368 e. The number of nitrogens with zero attached hydrogens (tertiary/aromatic N) is 2. The lowest BCUT2D eigenvalue weighted by Crippen LogP contribution is -2.43. The van der Waals surface area contributed by atoms with E-state index in [-0.39, 0.29) is 11.8 Å². The third-order valence-electron chi connectivity index (χ3n) is 4.22. The molecule has 1 saturated heterocycles.